The Hall–Kier alpha value is -0.860. The first kappa shape index (κ1) is 24.4. The molecule has 1 aliphatic carbocycles. The Morgan fingerprint density at radius 1 is 1.14 bits per heavy atom. The van der Waals surface area contributed by atoms with E-state index in [0.29, 0.717) is 34.8 Å². The van der Waals surface area contributed by atoms with Gasteiger partial charge in [-0.15, -0.1) is 0 Å². The molecule has 2 aliphatic rings. The van der Waals surface area contributed by atoms with Gasteiger partial charge in [0.15, 0.2) is 0 Å². The van der Waals surface area contributed by atoms with Crippen LogP contribution in [-0.4, -0.2) is 67.2 Å². The lowest BCUT2D eigenvalue weighted by molar-refractivity contribution is -0.133. The number of carbonyl (C=O) groups excluding carboxylic acids is 1. The van der Waals surface area contributed by atoms with E-state index in [2.05, 4.69) is 4.90 Å². The van der Waals surface area contributed by atoms with E-state index in [4.69, 9.17) is 27.8 Å². The second-order valence-corrected chi connectivity index (χ2v) is 10.1. The molecule has 1 N–H and O–H groups in total. The van der Waals surface area contributed by atoms with Crippen molar-refractivity contribution in [3.8, 4) is 0 Å². The molecule has 2 fully saturated rings. The van der Waals surface area contributed by atoms with Crippen molar-refractivity contribution in [3.63, 3.8) is 0 Å². The van der Waals surface area contributed by atoms with Crippen molar-refractivity contribution in [1.29, 1.82) is 0 Å². The largest absolute Gasteiger partial charge is 0.341 e. The van der Waals surface area contributed by atoms with Crippen LogP contribution < -0.4 is 0 Å². The summed E-state index contributed by atoms with van der Waals surface area (Å²) < 4.78 is 25.9. The van der Waals surface area contributed by atoms with Crippen molar-refractivity contribution < 1.29 is 17.8 Å². The normalized spacial score (nSPS) is 22.7. The Kier molecular flexibility index (Phi) is 9.22. The molecule has 1 saturated heterocycles. The molecule has 0 radical (unpaired) electrons. The number of amides is 1. The first-order chi connectivity index (χ1) is 13.6. The topological polar surface area (TPSA) is 77.9 Å². The summed E-state index contributed by atoms with van der Waals surface area (Å²) in [7, 11) is -1.70. The number of hydrogen-bond donors (Lipinski definition) is 1. The van der Waals surface area contributed by atoms with Gasteiger partial charge in [-0.3, -0.25) is 14.2 Å². The number of carbonyl (C=O) groups is 1. The first-order valence-corrected chi connectivity index (χ1v) is 12.5. The second-order valence-electron chi connectivity index (χ2n) is 7.83. The summed E-state index contributed by atoms with van der Waals surface area (Å²) in [5, 5.41) is 1.04. The van der Waals surface area contributed by atoms with Crippen molar-refractivity contribution >= 4 is 39.2 Å². The Balaban J connectivity index is 0.000000537. The highest BCUT2D eigenvalue weighted by Gasteiger charge is 2.35. The van der Waals surface area contributed by atoms with Gasteiger partial charge in [-0.25, -0.2) is 0 Å². The van der Waals surface area contributed by atoms with Crippen LogP contribution in [0.3, 0.4) is 0 Å². The Labute approximate surface area is 183 Å². The molecule has 29 heavy (non-hydrogen) atoms. The van der Waals surface area contributed by atoms with E-state index < -0.39 is 10.1 Å². The number of benzene rings is 1. The van der Waals surface area contributed by atoms with E-state index in [1.165, 1.54) is 45.2 Å². The molecule has 0 spiro atoms. The standard InChI is InChI=1S/C19H26Cl2N2O.CH4O3S/c1-22(19(24)13-14-8-9-15(20)16(21)12-14)17-6-2-3-7-18(17)23-10-4-5-11-23;1-5(2,3)4/h8-9,12,17-18H,2-7,10-11,13H2,1H3;1H3,(H,2,3,4)/t17-,18+;/m0./s1. The Morgan fingerprint density at radius 3 is 2.31 bits per heavy atom. The van der Waals surface area contributed by atoms with E-state index >= 15 is 0 Å². The summed E-state index contributed by atoms with van der Waals surface area (Å²) in [5.41, 5.74) is 0.926. The Bertz CT molecular complexity index is 790. The van der Waals surface area contributed by atoms with E-state index in [0.717, 1.165) is 12.0 Å². The minimum Gasteiger partial charge on any atom is -0.341 e. The zero-order chi connectivity index (χ0) is 21.6. The predicted octanol–water partition coefficient (Wildman–Crippen LogP) is 3.91. The van der Waals surface area contributed by atoms with Gasteiger partial charge >= 0.3 is 0 Å². The highest BCUT2D eigenvalue weighted by molar-refractivity contribution is 7.85. The third kappa shape index (κ3) is 8.06. The van der Waals surface area contributed by atoms with Gasteiger partial charge in [-0.05, 0) is 56.5 Å². The lowest BCUT2D eigenvalue weighted by atomic mass is 9.88. The maximum atomic E-state index is 12.8. The van der Waals surface area contributed by atoms with E-state index in [1.807, 2.05) is 18.0 Å². The average molecular weight is 465 g/mol. The Morgan fingerprint density at radius 2 is 1.72 bits per heavy atom. The molecular weight excluding hydrogens is 435 g/mol. The fraction of sp³-hybridized carbons (Fsp3) is 0.650. The van der Waals surface area contributed by atoms with Gasteiger partial charge in [0, 0.05) is 19.1 Å². The van der Waals surface area contributed by atoms with Crippen molar-refractivity contribution in [2.24, 2.45) is 0 Å². The number of likely N-dealkylation sites (tertiary alicyclic amines) is 1. The van der Waals surface area contributed by atoms with Crippen molar-refractivity contribution in [3.05, 3.63) is 33.8 Å². The van der Waals surface area contributed by atoms with Gasteiger partial charge in [0.1, 0.15) is 0 Å². The molecular formula is C20H30Cl2N2O4S. The zero-order valence-corrected chi connectivity index (χ0v) is 19.3. The summed E-state index contributed by atoms with van der Waals surface area (Å²) in [4.78, 5) is 17.4. The molecule has 164 valence electrons. The fourth-order valence-electron chi connectivity index (χ4n) is 4.18. The molecule has 3 rings (SSSR count). The number of hydrogen-bond acceptors (Lipinski definition) is 4. The molecule has 1 heterocycles. The van der Waals surface area contributed by atoms with Gasteiger partial charge in [-0.2, -0.15) is 8.42 Å². The maximum absolute atomic E-state index is 12.8. The van der Waals surface area contributed by atoms with Gasteiger partial charge in [0.2, 0.25) is 5.91 Å². The molecule has 1 aromatic carbocycles. The minimum atomic E-state index is -3.67. The summed E-state index contributed by atoms with van der Waals surface area (Å²) in [5.74, 6) is 0.171. The highest BCUT2D eigenvalue weighted by atomic mass is 35.5. The highest BCUT2D eigenvalue weighted by Crippen LogP contribution is 2.29. The van der Waals surface area contributed by atoms with Gasteiger partial charge in [0.05, 0.1) is 22.7 Å². The van der Waals surface area contributed by atoms with Gasteiger partial charge in [0.25, 0.3) is 10.1 Å². The molecule has 6 nitrogen and oxygen atoms in total. The van der Waals surface area contributed by atoms with Crippen LogP contribution in [0.2, 0.25) is 10.0 Å². The summed E-state index contributed by atoms with van der Waals surface area (Å²) in [6.07, 6.45) is 8.53. The summed E-state index contributed by atoms with van der Waals surface area (Å²) in [6, 6.07) is 6.32. The average Bonchev–Trinajstić information content (AvgIpc) is 3.17. The predicted molar refractivity (Wildman–Crippen MR) is 117 cm³/mol. The van der Waals surface area contributed by atoms with Crippen molar-refractivity contribution in [2.75, 3.05) is 26.4 Å². The monoisotopic (exact) mass is 464 g/mol. The third-order valence-electron chi connectivity index (χ3n) is 5.53. The van der Waals surface area contributed by atoms with E-state index in [-0.39, 0.29) is 5.91 Å². The molecule has 1 aromatic rings. The van der Waals surface area contributed by atoms with Crippen LogP contribution in [0, 0.1) is 0 Å². The molecule has 1 aliphatic heterocycles. The SMILES string of the molecule is CN(C(=O)Cc1ccc(Cl)c(Cl)c1)[C@H]1CCCC[C@H]1N1CCCC1.CS(=O)(=O)O. The quantitative estimate of drug-likeness (QED) is 0.683. The molecule has 0 bridgehead atoms. The molecule has 1 saturated carbocycles. The molecule has 2 atom stereocenters. The van der Waals surface area contributed by atoms with E-state index in [9.17, 15) is 13.2 Å². The van der Waals surface area contributed by atoms with Gasteiger partial charge in [-0.1, -0.05) is 42.1 Å². The minimum absolute atomic E-state index is 0.171. The van der Waals surface area contributed by atoms with Crippen LogP contribution in [0.15, 0.2) is 18.2 Å². The van der Waals surface area contributed by atoms with Crippen molar-refractivity contribution in [1.82, 2.24) is 9.80 Å². The molecule has 9 heteroatoms. The zero-order valence-electron chi connectivity index (χ0n) is 17.0. The lowest BCUT2D eigenvalue weighted by Crippen LogP contribution is -2.53. The summed E-state index contributed by atoms with van der Waals surface area (Å²) >= 11 is 12.0. The number of rotatable bonds is 4. The van der Waals surface area contributed by atoms with Crippen LogP contribution in [0.1, 0.15) is 44.1 Å². The number of halogens is 2. The second kappa shape index (κ2) is 11.0. The smallest absolute Gasteiger partial charge is 0.261 e. The molecule has 0 aromatic heterocycles. The molecule has 1 amide bonds. The van der Waals surface area contributed by atoms with Crippen LogP contribution in [0.25, 0.3) is 0 Å². The van der Waals surface area contributed by atoms with E-state index in [1.54, 1.807) is 12.1 Å². The van der Waals surface area contributed by atoms with Crippen LogP contribution in [0.5, 0.6) is 0 Å². The maximum Gasteiger partial charge on any atom is 0.261 e. The lowest BCUT2D eigenvalue weighted by Gasteiger charge is -2.42. The number of likely N-dealkylation sites (N-methyl/N-ethyl adjacent to an activating group) is 1. The van der Waals surface area contributed by atoms with Crippen LogP contribution >= 0.6 is 23.2 Å². The third-order valence-corrected chi connectivity index (χ3v) is 6.27. The van der Waals surface area contributed by atoms with Crippen molar-refractivity contribution in [2.45, 2.75) is 57.0 Å². The van der Waals surface area contributed by atoms with Gasteiger partial charge < -0.3 is 4.90 Å². The van der Waals surface area contributed by atoms with Crippen LogP contribution in [-0.2, 0) is 21.3 Å². The fourth-order valence-corrected chi connectivity index (χ4v) is 4.50. The first-order valence-electron chi connectivity index (χ1n) is 9.92. The number of nitrogens with zero attached hydrogens (tertiary/aromatic N) is 2. The van der Waals surface area contributed by atoms with Crippen LogP contribution in [0.4, 0.5) is 0 Å². The summed E-state index contributed by atoms with van der Waals surface area (Å²) in [6.45, 7) is 2.38. The molecule has 0 unspecified atom stereocenters.